The van der Waals surface area contributed by atoms with Crippen LogP contribution in [-0.2, 0) is 0 Å². The Kier molecular flexibility index (Phi) is 4.43. The number of hydrogen-bond acceptors (Lipinski definition) is 4. The molecule has 1 aliphatic heterocycles. The molecule has 1 unspecified atom stereocenters. The van der Waals surface area contributed by atoms with Crippen LogP contribution < -0.4 is 9.47 Å². The molecule has 1 heterocycles. The molecule has 19 heavy (non-hydrogen) atoms. The van der Waals surface area contributed by atoms with Crippen molar-refractivity contribution in [1.29, 1.82) is 0 Å². The topological polar surface area (TPSA) is 38.8 Å². The molecule has 0 bridgehead atoms. The van der Waals surface area contributed by atoms with Gasteiger partial charge in [-0.25, -0.2) is 0 Å². The molecule has 1 aromatic carbocycles. The number of benzene rings is 1. The fraction of sp³-hybridized carbons (Fsp3) is 0.533. The lowest BCUT2D eigenvalue weighted by Crippen LogP contribution is -2.36. The molecule has 0 saturated carbocycles. The first-order valence-electron chi connectivity index (χ1n) is 6.60. The van der Waals surface area contributed by atoms with Gasteiger partial charge in [-0.2, -0.15) is 0 Å². The number of ether oxygens (including phenoxy) is 2. The Hall–Kier alpha value is -1.55. The smallest absolute Gasteiger partial charge is 0.170 e. The summed E-state index contributed by atoms with van der Waals surface area (Å²) in [4.78, 5) is 14.8. The number of nitrogens with zero attached hydrogens (tertiary/aromatic N) is 1. The van der Waals surface area contributed by atoms with E-state index >= 15 is 0 Å². The Morgan fingerprint density at radius 3 is 2.74 bits per heavy atom. The predicted octanol–water partition coefficient (Wildman–Crippen LogP) is 2.23. The van der Waals surface area contributed by atoms with Gasteiger partial charge < -0.3 is 14.4 Å². The van der Waals surface area contributed by atoms with Gasteiger partial charge in [-0.3, -0.25) is 4.79 Å². The van der Waals surface area contributed by atoms with E-state index in [9.17, 15) is 4.79 Å². The number of piperidine rings is 1. The summed E-state index contributed by atoms with van der Waals surface area (Å²) in [5.74, 6) is 1.54. The van der Waals surface area contributed by atoms with Crippen LogP contribution in [0.5, 0.6) is 11.5 Å². The Balaban J connectivity index is 2.22. The standard InChI is InChI=1S/C15H21NO3/c1-16-8-4-5-11(10-16)15(17)13-7-6-12(18-2)9-14(13)19-3/h6-7,9,11H,4-5,8,10H2,1-3H3. The summed E-state index contributed by atoms with van der Waals surface area (Å²) >= 11 is 0. The quantitative estimate of drug-likeness (QED) is 0.781. The highest BCUT2D eigenvalue weighted by molar-refractivity contribution is 6.00. The van der Waals surface area contributed by atoms with Crippen LogP contribution in [0.3, 0.4) is 0 Å². The van der Waals surface area contributed by atoms with Crippen molar-refractivity contribution in [2.75, 3.05) is 34.4 Å². The average molecular weight is 263 g/mol. The van der Waals surface area contributed by atoms with E-state index in [0.29, 0.717) is 17.1 Å². The summed E-state index contributed by atoms with van der Waals surface area (Å²) in [5, 5.41) is 0. The van der Waals surface area contributed by atoms with Crippen molar-refractivity contribution in [3.05, 3.63) is 23.8 Å². The number of ketones is 1. The van der Waals surface area contributed by atoms with E-state index in [2.05, 4.69) is 11.9 Å². The highest BCUT2D eigenvalue weighted by Crippen LogP contribution is 2.29. The van der Waals surface area contributed by atoms with Crippen LogP contribution in [-0.4, -0.2) is 45.0 Å². The van der Waals surface area contributed by atoms with Gasteiger partial charge in [0.2, 0.25) is 0 Å². The van der Waals surface area contributed by atoms with Gasteiger partial charge in [0, 0.05) is 18.5 Å². The molecule has 4 heteroatoms. The highest BCUT2D eigenvalue weighted by atomic mass is 16.5. The summed E-state index contributed by atoms with van der Waals surface area (Å²) in [6, 6.07) is 5.37. The van der Waals surface area contributed by atoms with E-state index < -0.39 is 0 Å². The second-order valence-electron chi connectivity index (χ2n) is 5.03. The molecule has 0 radical (unpaired) electrons. The minimum atomic E-state index is 0.0704. The Labute approximate surface area is 114 Å². The normalized spacial score (nSPS) is 20.1. The van der Waals surface area contributed by atoms with Crippen LogP contribution in [0.25, 0.3) is 0 Å². The first-order valence-corrected chi connectivity index (χ1v) is 6.60. The second-order valence-corrected chi connectivity index (χ2v) is 5.03. The summed E-state index contributed by atoms with van der Waals surface area (Å²) in [6.45, 7) is 1.90. The molecule has 1 aromatic rings. The largest absolute Gasteiger partial charge is 0.497 e. The maximum atomic E-state index is 12.6. The number of likely N-dealkylation sites (tertiary alicyclic amines) is 1. The molecule has 104 valence electrons. The van der Waals surface area contributed by atoms with Gasteiger partial charge in [-0.1, -0.05) is 0 Å². The Morgan fingerprint density at radius 1 is 1.32 bits per heavy atom. The maximum Gasteiger partial charge on any atom is 0.170 e. The van der Waals surface area contributed by atoms with Crippen molar-refractivity contribution in [2.24, 2.45) is 5.92 Å². The van der Waals surface area contributed by atoms with E-state index in [4.69, 9.17) is 9.47 Å². The van der Waals surface area contributed by atoms with Crippen molar-refractivity contribution in [3.8, 4) is 11.5 Å². The number of hydrogen-bond donors (Lipinski definition) is 0. The van der Waals surface area contributed by atoms with E-state index in [1.165, 1.54) is 0 Å². The van der Waals surface area contributed by atoms with Gasteiger partial charge in [-0.05, 0) is 38.6 Å². The number of carbonyl (C=O) groups excluding carboxylic acids is 1. The Bertz CT molecular complexity index is 459. The lowest BCUT2D eigenvalue weighted by molar-refractivity contribution is 0.0840. The van der Waals surface area contributed by atoms with Crippen molar-refractivity contribution in [3.63, 3.8) is 0 Å². The van der Waals surface area contributed by atoms with Crippen molar-refractivity contribution in [1.82, 2.24) is 4.90 Å². The summed E-state index contributed by atoms with van der Waals surface area (Å²) < 4.78 is 10.5. The SMILES string of the molecule is COc1ccc(C(=O)C2CCCN(C)C2)c(OC)c1. The lowest BCUT2D eigenvalue weighted by atomic mass is 9.90. The summed E-state index contributed by atoms with van der Waals surface area (Å²) in [7, 11) is 5.25. The maximum absolute atomic E-state index is 12.6. The molecule has 1 atom stereocenters. The van der Waals surface area contributed by atoms with Crippen LogP contribution in [0.2, 0.25) is 0 Å². The molecule has 0 N–H and O–H groups in total. The highest BCUT2D eigenvalue weighted by Gasteiger charge is 2.26. The van der Waals surface area contributed by atoms with Gasteiger partial charge in [-0.15, -0.1) is 0 Å². The van der Waals surface area contributed by atoms with Crippen LogP contribution in [0.4, 0.5) is 0 Å². The van der Waals surface area contributed by atoms with Gasteiger partial charge in [0.1, 0.15) is 11.5 Å². The first-order chi connectivity index (χ1) is 9.15. The molecule has 1 aliphatic rings. The van der Waals surface area contributed by atoms with E-state index in [-0.39, 0.29) is 11.7 Å². The zero-order chi connectivity index (χ0) is 13.8. The molecular formula is C15H21NO3. The summed E-state index contributed by atoms with van der Waals surface area (Å²) in [6.07, 6.45) is 2.03. The molecule has 0 spiro atoms. The average Bonchev–Trinajstić information content (AvgIpc) is 2.45. The molecule has 0 aromatic heterocycles. The number of methoxy groups -OCH3 is 2. The van der Waals surface area contributed by atoms with E-state index in [0.717, 1.165) is 25.9 Å². The first kappa shape index (κ1) is 13.9. The molecule has 0 amide bonds. The van der Waals surface area contributed by atoms with Crippen molar-refractivity contribution < 1.29 is 14.3 Å². The minimum absolute atomic E-state index is 0.0704. The van der Waals surface area contributed by atoms with E-state index in [1.54, 1.807) is 26.4 Å². The van der Waals surface area contributed by atoms with Gasteiger partial charge in [0.15, 0.2) is 5.78 Å². The van der Waals surface area contributed by atoms with E-state index in [1.807, 2.05) is 6.07 Å². The molecule has 1 fully saturated rings. The van der Waals surface area contributed by atoms with Crippen LogP contribution in [0.1, 0.15) is 23.2 Å². The van der Waals surface area contributed by atoms with Crippen molar-refractivity contribution in [2.45, 2.75) is 12.8 Å². The van der Waals surface area contributed by atoms with Crippen LogP contribution in [0.15, 0.2) is 18.2 Å². The molecule has 4 nitrogen and oxygen atoms in total. The molecular weight excluding hydrogens is 242 g/mol. The fourth-order valence-electron chi connectivity index (χ4n) is 2.60. The third-order valence-corrected chi connectivity index (χ3v) is 3.67. The predicted molar refractivity (Wildman–Crippen MR) is 74.1 cm³/mol. The monoisotopic (exact) mass is 263 g/mol. The summed E-state index contributed by atoms with van der Waals surface area (Å²) in [5.41, 5.74) is 0.656. The Morgan fingerprint density at radius 2 is 2.11 bits per heavy atom. The fourth-order valence-corrected chi connectivity index (χ4v) is 2.60. The number of Topliss-reactive ketones (excluding diaryl/α,β-unsaturated/α-hetero) is 1. The lowest BCUT2D eigenvalue weighted by Gasteiger charge is -2.29. The number of carbonyl (C=O) groups is 1. The number of rotatable bonds is 4. The zero-order valence-electron chi connectivity index (χ0n) is 11.8. The van der Waals surface area contributed by atoms with Crippen molar-refractivity contribution >= 4 is 5.78 Å². The minimum Gasteiger partial charge on any atom is -0.497 e. The zero-order valence-corrected chi connectivity index (χ0v) is 11.8. The van der Waals surface area contributed by atoms with Gasteiger partial charge in [0.25, 0.3) is 0 Å². The van der Waals surface area contributed by atoms with Gasteiger partial charge in [0.05, 0.1) is 19.8 Å². The second kappa shape index (κ2) is 6.06. The van der Waals surface area contributed by atoms with Gasteiger partial charge >= 0.3 is 0 Å². The third kappa shape index (κ3) is 3.07. The molecule has 2 rings (SSSR count). The molecule has 0 aliphatic carbocycles. The third-order valence-electron chi connectivity index (χ3n) is 3.67. The molecule has 1 saturated heterocycles. The van der Waals surface area contributed by atoms with Crippen LogP contribution in [0, 0.1) is 5.92 Å². The van der Waals surface area contributed by atoms with Crippen LogP contribution >= 0.6 is 0 Å².